The SMILES string of the molecule is O=C(O)c1csc(CNc2ccc(F)cc2[N+](=O)[O-])n1. The largest absolute Gasteiger partial charge is 0.476 e. The maximum absolute atomic E-state index is 13.0. The van der Waals surface area contributed by atoms with E-state index in [0.717, 1.165) is 23.5 Å². The number of benzene rings is 1. The molecule has 0 aliphatic heterocycles. The third kappa shape index (κ3) is 3.06. The van der Waals surface area contributed by atoms with Crippen molar-refractivity contribution in [3.63, 3.8) is 0 Å². The molecule has 0 spiro atoms. The molecule has 2 N–H and O–H groups in total. The Morgan fingerprint density at radius 1 is 1.55 bits per heavy atom. The first-order valence-electron chi connectivity index (χ1n) is 5.33. The third-order valence-corrected chi connectivity index (χ3v) is 3.21. The summed E-state index contributed by atoms with van der Waals surface area (Å²) in [5.74, 6) is -1.84. The number of nitrogens with one attached hydrogen (secondary N) is 1. The highest BCUT2D eigenvalue weighted by Crippen LogP contribution is 2.25. The molecule has 0 unspecified atom stereocenters. The number of anilines is 1. The number of hydrogen-bond acceptors (Lipinski definition) is 6. The summed E-state index contributed by atoms with van der Waals surface area (Å²) < 4.78 is 13.0. The molecule has 0 atom stereocenters. The van der Waals surface area contributed by atoms with Crippen LogP contribution in [0.3, 0.4) is 0 Å². The first kappa shape index (κ1) is 13.9. The van der Waals surface area contributed by atoms with Gasteiger partial charge < -0.3 is 10.4 Å². The summed E-state index contributed by atoms with van der Waals surface area (Å²) in [6.07, 6.45) is 0. The lowest BCUT2D eigenvalue weighted by Gasteiger charge is -2.05. The van der Waals surface area contributed by atoms with Gasteiger partial charge in [-0.2, -0.15) is 0 Å². The van der Waals surface area contributed by atoms with Crippen LogP contribution in [0, 0.1) is 15.9 Å². The van der Waals surface area contributed by atoms with Gasteiger partial charge in [0.2, 0.25) is 0 Å². The van der Waals surface area contributed by atoms with Crippen molar-refractivity contribution in [2.75, 3.05) is 5.32 Å². The smallest absolute Gasteiger partial charge is 0.355 e. The first-order valence-corrected chi connectivity index (χ1v) is 6.21. The normalized spacial score (nSPS) is 10.2. The lowest BCUT2D eigenvalue weighted by molar-refractivity contribution is -0.384. The van der Waals surface area contributed by atoms with Gasteiger partial charge in [-0.25, -0.2) is 14.2 Å². The van der Waals surface area contributed by atoms with Gasteiger partial charge in [0.15, 0.2) is 5.69 Å². The number of aromatic carboxylic acids is 1. The number of nitro groups is 1. The second-order valence-electron chi connectivity index (χ2n) is 3.70. The third-order valence-electron chi connectivity index (χ3n) is 2.36. The fourth-order valence-corrected chi connectivity index (χ4v) is 2.17. The number of nitro benzene ring substituents is 1. The van der Waals surface area contributed by atoms with Crippen LogP contribution in [0.15, 0.2) is 23.6 Å². The molecular formula is C11H8FN3O4S. The van der Waals surface area contributed by atoms with Crippen LogP contribution in [0.4, 0.5) is 15.8 Å². The number of hydrogen-bond donors (Lipinski definition) is 2. The fraction of sp³-hybridized carbons (Fsp3) is 0.0909. The Hall–Kier alpha value is -2.55. The predicted octanol–water partition coefficient (Wildman–Crippen LogP) is 2.50. The van der Waals surface area contributed by atoms with Crippen LogP contribution in [0.2, 0.25) is 0 Å². The minimum absolute atomic E-state index is 0.0830. The van der Waals surface area contributed by atoms with Crippen molar-refractivity contribution < 1.29 is 19.2 Å². The van der Waals surface area contributed by atoms with E-state index in [1.165, 1.54) is 11.4 Å². The van der Waals surface area contributed by atoms with Gasteiger partial charge in [0.1, 0.15) is 16.5 Å². The minimum Gasteiger partial charge on any atom is -0.476 e. The Balaban J connectivity index is 2.14. The molecule has 7 nitrogen and oxygen atoms in total. The Bertz CT molecular complexity index is 673. The van der Waals surface area contributed by atoms with Gasteiger partial charge >= 0.3 is 5.97 Å². The van der Waals surface area contributed by atoms with Crippen LogP contribution >= 0.6 is 11.3 Å². The van der Waals surface area contributed by atoms with E-state index in [9.17, 15) is 19.3 Å². The molecule has 1 aromatic carbocycles. The van der Waals surface area contributed by atoms with Crippen LogP contribution in [0.25, 0.3) is 0 Å². The lowest BCUT2D eigenvalue weighted by Crippen LogP contribution is -2.04. The van der Waals surface area contributed by atoms with E-state index in [2.05, 4.69) is 10.3 Å². The van der Waals surface area contributed by atoms with Crippen LogP contribution in [-0.2, 0) is 6.54 Å². The van der Waals surface area contributed by atoms with E-state index in [4.69, 9.17) is 5.11 Å². The van der Waals surface area contributed by atoms with Gasteiger partial charge in [-0.05, 0) is 12.1 Å². The average Bonchev–Trinajstić information content (AvgIpc) is 2.86. The number of rotatable bonds is 5. The molecule has 2 aromatic rings. The molecule has 1 heterocycles. The highest BCUT2D eigenvalue weighted by molar-refractivity contribution is 7.09. The zero-order valence-corrected chi connectivity index (χ0v) is 10.7. The number of aromatic nitrogens is 1. The Labute approximate surface area is 115 Å². The summed E-state index contributed by atoms with van der Waals surface area (Å²) in [6.45, 7) is 0.115. The molecule has 20 heavy (non-hydrogen) atoms. The highest BCUT2D eigenvalue weighted by atomic mass is 32.1. The Morgan fingerprint density at radius 3 is 2.90 bits per heavy atom. The van der Waals surface area contributed by atoms with E-state index in [1.807, 2.05) is 0 Å². The topological polar surface area (TPSA) is 105 Å². The summed E-state index contributed by atoms with van der Waals surface area (Å²) >= 11 is 1.12. The molecule has 9 heteroatoms. The van der Waals surface area contributed by atoms with Crippen molar-refractivity contribution in [2.24, 2.45) is 0 Å². The summed E-state index contributed by atoms with van der Waals surface area (Å²) in [4.78, 5) is 24.6. The number of carboxylic acid groups (broad SMARTS) is 1. The van der Waals surface area contributed by atoms with E-state index >= 15 is 0 Å². The van der Waals surface area contributed by atoms with Gasteiger partial charge in [-0.15, -0.1) is 11.3 Å². The molecule has 0 amide bonds. The molecular weight excluding hydrogens is 289 g/mol. The van der Waals surface area contributed by atoms with Crippen LogP contribution in [0.1, 0.15) is 15.5 Å². The summed E-state index contributed by atoms with van der Waals surface area (Å²) in [5.41, 5.74) is -0.330. The van der Waals surface area contributed by atoms with Crippen LogP contribution in [-0.4, -0.2) is 21.0 Å². The van der Waals surface area contributed by atoms with E-state index < -0.39 is 16.7 Å². The van der Waals surface area contributed by atoms with Gasteiger partial charge in [-0.1, -0.05) is 0 Å². The maximum Gasteiger partial charge on any atom is 0.355 e. The van der Waals surface area contributed by atoms with Gasteiger partial charge in [-0.3, -0.25) is 10.1 Å². The standard InChI is InChI=1S/C11H8FN3O4S/c12-6-1-2-7(9(3-6)15(18)19)13-4-10-14-8(5-20-10)11(16)17/h1-3,5,13H,4H2,(H,16,17). The quantitative estimate of drug-likeness (QED) is 0.649. The molecule has 1 aromatic heterocycles. The minimum atomic E-state index is -1.14. The van der Waals surface area contributed by atoms with Crippen molar-refractivity contribution in [1.82, 2.24) is 4.98 Å². The Kier molecular flexibility index (Phi) is 3.89. The fourth-order valence-electron chi connectivity index (χ4n) is 1.47. The van der Waals surface area contributed by atoms with Crippen molar-refractivity contribution in [1.29, 1.82) is 0 Å². The zero-order chi connectivity index (χ0) is 14.7. The van der Waals surface area contributed by atoms with Crippen LogP contribution in [0.5, 0.6) is 0 Å². The molecule has 0 aliphatic carbocycles. The number of thiazole rings is 1. The van der Waals surface area contributed by atoms with Gasteiger partial charge in [0.25, 0.3) is 5.69 Å². The summed E-state index contributed by atoms with van der Waals surface area (Å²) in [6, 6.07) is 3.16. The zero-order valence-electron chi connectivity index (χ0n) is 9.87. The molecule has 104 valence electrons. The van der Waals surface area contributed by atoms with E-state index in [0.29, 0.717) is 5.01 Å². The number of halogens is 1. The van der Waals surface area contributed by atoms with E-state index in [1.54, 1.807) is 0 Å². The van der Waals surface area contributed by atoms with E-state index in [-0.39, 0.29) is 23.6 Å². The second-order valence-corrected chi connectivity index (χ2v) is 4.65. The van der Waals surface area contributed by atoms with Gasteiger partial charge in [0, 0.05) is 5.38 Å². The number of carbonyl (C=O) groups is 1. The summed E-state index contributed by atoms with van der Waals surface area (Å²) in [5, 5.41) is 24.1. The lowest BCUT2D eigenvalue weighted by atomic mass is 10.2. The molecule has 0 fully saturated rings. The first-order chi connectivity index (χ1) is 9.47. The summed E-state index contributed by atoms with van der Waals surface area (Å²) in [7, 11) is 0. The molecule has 2 rings (SSSR count). The molecule has 0 bridgehead atoms. The molecule has 0 saturated carbocycles. The Morgan fingerprint density at radius 2 is 2.30 bits per heavy atom. The monoisotopic (exact) mass is 297 g/mol. The van der Waals surface area contributed by atoms with Crippen molar-refractivity contribution >= 4 is 28.7 Å². The predicted molar refractivity (Wildman–Crippen MR) is 69.5 cm³/mol. The molecule has 0 aliphatic rings. The van der Waals surface area contributed by atoms with Crippen molar-refractivity contribution in [3.8, 4) is 0 Å². The number of carboxylic acids is 1. The van der Waals surface area contributed by atoms with Crippen molar-refractivity contribution in [2.45, 2.75) is 6.54 Å². The second kappa shape index (κ2) is 5.61. The van der Waals surface area contributed by atoms with Gasteiger partial charge in [0.05, 0.1) is 17.5 Å². The highest BCUT2D eigenvalue weighted by Gasteiger charge is 2.15. The van der Waals surface area contributed by atoms with Crippen molar-refractivity contribution in [3.05, 3.63) is 50.2 Å². The maximum atomic E-state index is 13.0. The molecule has 0 saturated heterocycles. The average molecular weight is 297 g/mol. The molecule has 0 radical (unpaired) electrons. The van der Waals surface area contributed by atoms with Crippen LogP contribution < -0.4 is 5.32 Å². The number of nitrogens with zero attached hydrogens (tertiary/aromatic N) is 2.